The van der Waals surface area contributed by atoms with Gasteiger partial charge >= 0.3 is 0 Å². The third kappa shape index (κ3) is 7.25. The molecule has 1 aliphatic heterocycles. The Morgan fingerprint density at radius 3 is 2.68 bits per heavy atom. The van der Waals surface area contributed by atoms with Crippen molar-refractivity contribution in [1.82, 2.24) is 14.9 Å². The molecular weight excluding hydrogens is 262 g/mol. The van der Waals surface area contributed by atoms with Crippen LogP contribution in [-0.2, 0) is 10.0 Å². The van der Waals surface area contributed by atoms with Crippen LogP contribution in [0.3, 0.4) is 0 Å². The lowest BCUT2D eigenvalue weighted by Crippen LogP contribution is -2.45. The second kappa shape index (κ2) is 8.19. The fourth-order valence-electron chi connectivity index (χ4n) is 2.35. The van der Waals surface area contributed by atoms with Gasteiger partial charge in [-0.1, -0.05) is 20.3 Å². The minimum Gasteiger partial charge on any atom is -0.314 e. The molecule has 2 N–H and O–H groups in total. The number of nitrogens with one attached hydrogen (secondary N) is 2. The van der Waals surface area contributed by atoms with Crippen molar-refractivity contribution >= 4 is 10.0 Å². The molecule has 0 aliphatic carbocycles. The van der Waals surface area contributed by atoms with Crippen molar-refractivity contribution in [2.75, 3.05) is 32.4 Å². The largest absolute Gasteiger partial charge is 0.314 e. The summed E-state index contributed by atoms with van der Waals surface area (Å²) in [4.78, 5) is 2.26. The minimum absolute atomic E-state index is 0.211. The first-order chi connectivity index (χ1) is 8.91. The van der Waals surface area contributed by atoms with Gasteiger partial charge in [-0.15, -0.1) is 0 Å². The van der Waals surface area contributed by atoms with Crippen LogP contribution in [0.4, 0.5) is 0 Å². The highest BCUT2D eigenvalue weighted by Crippen LogP contribution is 2.14. The van der Waals surface area contributed by atoms with E-state index in [1.165, 1.54) is 12.8 Å². The molecule has 5 nitrogen and oxygen atoms in total. The van der Waals surface area contributed by atoms with E-state index in [0.717, 1.165) is 19.5 Å². The molecule has 0 saturated carbocycles. The maximum absolute atomic E-state index is 11.9. The van der Waals surface area contributed by atoms with E-state index in [4.69, 9.17) is 0 Å². The summed E-state index contributed by atoms with van der Waals surface area (Å²) in [7, 11) is -1.04. The summed E-state index contributed by atoms with van der Waals surface area (Å²) < 4.78 is 26.5. The fraction of sp³-hybridized carbons (Fsp3) is 1.00. The van der Waals surface area contributed by atoms with Crippen LogP contribution in [0.15, 0.2) is 0 Å². The second-order valence-electron chi connectivity index (χ2n) is 5.76. The monoisotopic (exact) mass is 291 g/mol. The van der Waals surface area contributed by atoms with Crippen molar-refractivity contribution < 1.29 is 8.42 Å². The van der Waals surface area contributed by atoms with Crippen LogP contribution >= 0.6 is 0 Å². The molecular formula is C13H29N3O2S. The number of hydrogen-bond acceptors (Lipinski definition) is 4. The highest BCUT2D eigenvalue weighted by atomic mass is 32.2. The van der Waals surface area contributed by atoms with E-state index in [9.17, 15) is 8.42 Å². The maximum Gasteiger partial charge on any atom is 0.211 e. The van der Waals surface area contributed by atoms with Gasteiger partial charge in [-0.05, 0) is 39.4 Å². The van der Waals surface area contributed by atoms with Crippen molar-refractivity contribution in [3.8, 4) is 0 Å². The zero-order valence-electron chi connectivity index (χ0n) is 12.5. The molecule has 1 heterocycles. The molecule has 6 heteroatoms. The van der Waals surface area contributed by atoms with Gasteiger partial charge in [0.1, 0.15) is 0 Å². The first-order valence-electron chi connectivity index (χ1n) is 7.31. The highest BCUT2D eigenvalue weighted by Gasteiger charge is 2.20. The average Bonchev–Trinajstić information content (AvgIpc) is 2.34. The van der Waals surface area contributed by atoms with Gasteiger partial charge in [0.15, 0.2) is 0 Å². The van der Waals surface area contributed by atoms with Gasteiger partial charge in [-0.3, -0.25) is 0 Å². The summed E-state index contributed by atoms with van der Waals surface area (Å²) in [5, 5.41) is 3.23. The van der Waals surface area contributed by atoms with Crippen LogP contribution in [0, 0.1) is 0 Å². The van der Waals surface area contributed by atoms with Crippen LogP contribution in [0.2, 0.25) is 0 Å². The molecule has 0 bridgehead atoms. The molecule has 1 rings (SSSR count). The zero-order valence-corrected chi connectivity index (χ0v) is 13.3. The van der Waals surface area contributed by atoms with Gasteiger partial charge in [0.25, 0.3) is 0 Å². The predicted molar refractivity (Wildman–Crippen MR) is 79.8 cm³/mol. The Bertz CT molecular complexity index is 344. The fourth-order valence-corrected chi connectivity index (χ4v) is 3.47. The summed E-state index contributed by atoms with van der Waals surface area (Å²) in [6.07, 6.45) is 4.18. The van der Waals surface area contributed by atoms with Gasteiger partial charge < -0.3 is 10.2 Å². The number of nitrogens with zero attached hydrogens (tertiary/aromatic N) is 1. The number of likely N-dealkylation sites (N-methyl/N-ethyl adjacent to an activating group) is 1. The van der Waals surface area contributed by atoms with E-state index in [-0.39, 0.29) is 5.75 Å². The second-order valence-corrected chi connectivity index (χ2v) is 7.69. The lowest BCUT2D eigenvalue weighted by molar-refractivity contribution is 0.187. The molecule has 0 amide bonds. The predicted octanol–water partition coefficient (Wildman–Crippen LogP) is 0.778. The van der Waals surface area contributed by atoms with Crippen LogP contribution in [-0.4, -0.2) is 57.8 Å². The summed E-state index contributed by atoms with van der Waals surface area (Å²) in [6, 6.07) is 0.767. The zero-order chi connectivity index (χ0) is 14.3. The molecule has 0 aromatic carbocycles. The molecule has 1 atom stereocenters. The quantitative estimate of drug-likeness (QED) is 0.649. The Hall–Kier alpha value is -0.170. The molecule has 114 valence electrons. The lowest BCUT2D eigenvalue weighted by Gasteiger charge is -2.32. The smallest absolute Gasteiger partial charge is 0.211 e. The topological polar surface area (TPSA) is 61.4 Å². The summed E-state index contributed by atoms with van der Waals surface area (Å²) >= 11 is 0. The molecule has 19 heavy (non-hydrogen) atoms. The number of rotatable bonds is 8. The number of piperidine rings is 1. The van der Waals surface area contributed by atoms with Crippen molar-refractivity contribution in [3.05, 3.63) is 0 Å². The van der Waals surface area contributed by atoms with E-state index in [0.29, 0.717) is 25.0 Å². The van der Waals surface area contributed by atoms with Crippen LogP contribution < -0.4 is 10.0 Å². The van der Waals surface area contributed by atoms with E-state index in [1.807, 2.05) is 0 Å². The Labute approximate surface area is 118 Å². The lowest BCUT2D eigenvalue weighted by atomic mass is 10.0. The highest BCUT2D eigenvalue weighted by molar-refractivity contribution is 7.89. The molecule has 0 aromatic rings. The van der Waals surface area contributed by atoms with Crippen LogP contribution in [0.5, 0.6) is 0 Å². The normalized spacial score (nSPS) is 22.0. The molecule has 1 fully saturated rings. The Kier molecular flexibility index (Phi) is 7.28. The Morgan fingerprint density at radius 1 is 1.32 bits per heavy atom. The summed E-state index contributed by atoms with van der Waals surface area (Å²) in [5.74, 6) is 0.211. The first-order valence-corrected chi connectivity index (χ1v) is 8.97. The Balaban J connectivity index is 2.22. The van der Waals surface area contributed by atoms with Gasteiger partial charge in [-0.2, -0.15) is 0 Å². The third-order valence-electron chi connectivity index (χ3n) is 3.60. The molecule has 1 unspecified atom stereocenters. The SMILES string of the molecule is CC(C)NCCCS(=O)(=O)NCC1CCCCN1C. The van der Waals surface area contributed by atoms with E-state index < -0.39 is 10.0 Å². The summed E-state index contributed by atoms with van der Waals surface area (Å²) in [6.45, 7) is 6.50. The van der Waals surface area contributed by atoms with Crippen molar-refractivity contribution in [3.63, 3.8) is 0 Å². The van der Waals surface area contributed by atoms with Crippen LogP contribution in [0.25, 0.3) is 0 Å². The maximum atomic E-state index is 11.9. The average molecular weight is 291 g/mol. The van der Waals surface area contributed by atoms with Gasteiger partial charge in [0.2, 0.25) is 10.0 Å². The number of sulfonamides is 1. The van der Waals surface area contributed by atoms with Gasteiger partial charge in [0.05, 0.1) is 5.75 Å². The minimum atomic E-state index is -3.12. The molecule has 0 aromatic heterocycles. The molecule has 1 saturated heterocycles. The van der Waals surface area contributed by atoms with Crippen molar-refractivity contribution in [2.45, 2.75) is 51.6 Å². The van der Waals surface area contributed by atoms with E-state index >= 15 is 0 Å². The first kappa shape index (κ1) is 16.9. The van der Waals surface area contributed by atoms with Crippen LogP contribution in [0.1, 0.15) is 39.5 Å². The van der Waals surface area contributed by atoms with Crippen molar-refractivity contribution in [1.29, 1.82) is 0 Å². The van der Waals surface area contributed by atoms with Crippen molar-refractivity contribution in [2.24, 2.45) is 0 Å². The standard InChI is InChI=1S/C13H29N3O2S/c1-12(2)14-8-6-10-19(17,18)15-11-13-7-4-5-9-16(13)3/h12-15H,4-11H2,1-3H3. The number of hydrogen-bond donors (Lipinski definition) is 2. The van der Waals surface area contributed by atoms with Gasteiger partial charge in [-0.25, -0.2) is 13.1 Å². The van der Waals surface area contributed by atoms with E-state index in [1.54, 1.807) is 0 Å². The third-order valence-corrected chi connectivity index (χ3v) is 5.04. The number of likely N-dealkylation sites (tertiary alicyclic amines) is 1. The molecule has 1 aliphatic rings. The van der Waals surface area contributed by atoms with E-state index in [2.05, 4.69) is 35.8 Å². The molecule has 0 radical (unpaired) electrons. The molecule has 0 spiro atoms. The van der Waals surface area contributed by atoms with Gasteiger partial charge in [0, 0.05) is 18.6 Å². The Morgan fingerprint density at radius 2 is 2.05 bits per heavy atom. The summed E-state index contributed by atoms with van der Waals surface area (Å²) in [5.41, 5.74) is 0.